The second-order valence-corrected chi connectivity index (χ2v) is 2.34. The molecule has 0 spiro atoms. The fourth-order valence-electron chi connectivity index (χ4n) is 1.01. The van der Waals surface area contributed by atoms with E-state index < -0.39 is 12.1 Å². The molecule has 0 bridgehead atoms. The molecule has 0 aliphatic carbocycles. The van der Waals surface area contributed by atoms with Crippen molar-refractivity contribution in [3.8, 4) is 0 Å². The summed E-state index contributed by atoms with van der Waals surface area (Å²) in [5.74, 6) is -0.292. The summed E-state index contributed by atoms with van der Waals surface area (Å²) in [5.41, 5.74) is -0.394. The van der Waals surface area contributed by atoms with Crippen LogP contribution in [-0.2, 0) is 0 Å². The predicted octanol–water partition coefficient (Wildman–Crippen LogP) is 2.52. The zero-order valence-electron chi connectivity index (χ0n) is 6.72. The smallest absolute Gasteiger partial charge is 0.280 e. The van der Waals surface area contributed by atoms with E-state index in [1.807, 2.05) is 0 Å². The molecule has 0 aromatic heterocycles. The van der Waals surface area contributed by atoms with Gasteiger partial charge < -0.3 is 5.21 Å². The highest BCUT2D eigenvalue weighted by Crippen LogP contribution is 2.15. The number of hydrogen-bond donors (Lipinski definition) is 1. The summed E-state index contributed by atoms with van der Waals surface area (Å²) in [7, 11) is 0. The Kier molecular flexibility index (Phi) is 4.74. The maximum absolute atomic E-state index is 12.0. The maximum Gasteiger partial charge on any atom is 0.280 e. The fraction of sp³-hybridized carbons (Fsp3) is 0.857. The Morgan fingerprint density at radius 2 is 1.82 bits per heavy atom. The zero-order valence-corrected chi connectivity index (χ0v) is 6.72. The summed E-state index contributed by atoms with van der Waals surface area (Å²) >= 11 is 0. The van der Waals surface area contributed by atoms with Gasteiger partial charge in [0, 0.05) is 5.92 Å². The standard InChI is InChI=1S/C7H13F2NO/c1-3-5(4-2)6(10-11)7(8)9/h5,7,11H,3-4H2,1-2H3/b10-6+. The summed E-state index contributed by atoms with van der Waals surface area (Å²) in [4.78, 5) is 0. The van der Waals surface area contributed by atoms with Gasteiger partial charge in [-0.2, -0.15) is 0 Å². The maximum atomic E-state index is 12.0. The Morgan fingerprint density at radius 1 is 1.36 bits per heavy atom. The van der Waals surface area contributed by atoms with Gasteiger partial charge in [-0.25, -0.2) is 8.78 Å². The lowest BCUT2D eigenvalue weighted by Crippen LogP contribution is -2.21. The van der Waals surface area contributed by atoms with Crippen LogP contribution in [0.15, 0.2) is 5.16 Å². The van der Waals surface area contributed by atoms with Gasteiger partial charge in [-0.1, -0.05) is 19.0 Å². The van der Waals surface area contributed by atoms with E-state index in [4.69, 9.17) is 5.21 Å². The lowest BCUT2D eigenvalue weighted by molar-refractivity contribution is 0.204. The van der Waals surface area contributed by atoms with Crippen molar-refractivity contribution in [1.29, 1.82) is 0 Å². The normalized spacial score (nSPS) is 13.1. The second kappa shape index (κ2) is 5.04. The number of rotatable bonds is 4. The van der Waals surface area contributed by atoms with E-state index in [0.717, 1.165) is 0 Å². The highest BCUT2D eigenvalue weighted by molar-refractivity contribution is 5.89. The lowest BCUT2D eigenvalue weighted by Gasteiger charge is -2.12. The second-order valence-electron chi connectivity index (χ2n) is 2.34. The van der Waals surface area contributed by atoms with Crippen LogP contribution in [0.1, 0.15) is 26.7 Å². The Morgan fingerprint density at radius 3 is 1.91 bits per heavy atom. The van der Waals surface area contributed by atoms with Crippen LogP contribution in [0.2, 0.25) is 0 Å². The highest BCUT2D eigenvalue weighted by atomic mass is 19.3. The molecule has 0 rings (SSSR count). The Hall–Kier alpha value is -0.670. The minimum atomic E-state index is -2.63. The van der Waals surface area contributed by atoms with Crippen molar-refractivity contribution in [3.63, 3.8) is 0 Å². The van der Waals surface area contributed by atoms with Crippen molar-refractivity contribution in [2.45, 2.75) is 33.1 Å². The Labute approximate surface area is 64.9 Å². The number of nitrogens with zero attached hydrogens (tertiary/aromatic N) is 1. The number of alkyl halides is 2. The van der Waals surface area contributed by atoms with Gasteiger partial charge >= 0.3 is 0 Å². The van der Waals surface area contributed by atoms with Crippen molar-refractivity contribution in [1.82, 2.24) is 0 Å². The first kappa shape index (κ1) is 10.3. The molecule has 0 saturated carbocycles. The van der Waals surface area contributed by atoms with Gasteiger partial charge in [0.15, 0.2) is 0 Å². The van der Waals surface area contributed by atoms with Crippen molar-refractivity contribution in [2.24, 2.45) is 11.1 Å². The summed E-state index contributed by atoms with van der Waals surface area (Å²) in [6.07, 6.45) is -1.47. The third-order valence-electron chi connectivity index (χ3n) is 1.74. The SMILES string of the molecule is CCC(CC)/C(=N\O)C(F)F. The predicted molar refractivity (Wildman–Crippen MR) is 39.3 cm³/mol. The minimum Gasteiger partial charge on any atom is -0.411 e. The van der Waals surface area contributed by atoms with Gasteiger partial charge in [0.05, 0.1) is 0 Å². The quantitative estimate of drug-likeness (QED) is 0.387. The summed E-state index contributed by atoms with van der Waals surface area (Å²) < 4.78 is 24.1. The molecule has 0 aromatic rings. The van der Waals surface area contributed by atoms with Crippen LogP contribution in [0.25, 0.3) is 0 Å². The van der Waals surface area contributed by atoms with Gasteiger partial charge in [0.25, 0.3) is 6.43 Å². The van der Waals surface area contributed by atoms with Crippen molar-refractivity contribution in [3.05, 3.63) is 0 Å². The summed E-state index contributed by atoms with van der Waals surface area (Å²) in [6.45, 7) is 3.59. The first-order valence-electron chi connectivity index (χ1n) is 3.67. The van der Waals surface area contributed by atoms with E-state index in [1.165, 1.54) is 0 Å². The molecule has 0 aliphatic heterocycles. The van der Waals surface area contributed by atoms with Gasteiger partial charge in [0.1, 0.15) is 5.71 Å². The third-order valence-corrected chi connectivity index (χ3v) is 1.74. The van der Waals surface area contributed by atoms with Gasteiger partial charge in [0.2, 0.25) is 0 Å². The van der Waals surface area contributed by atoms with Crippen LogP contribution in [0.3, 0.4) is 0 Å². The van der Waals surface area contributed by atoms with Crippen molar-refractivity contribution >= 4 is 5.71 Å². The van der Waals surface area contributed by atoms with E-state index in [9.17, 15) is 8.78 Å². The minimum absolute atomic E-state index is 0.292. The molecule has 66 valence electrons. The first-order valence-corrected chi connectivity index (χ1v) is 3.67. The molecule has 11 heavy (non-hydrogen) atoms. The van der Waals surface area contributed by atoms with E-state index in [2.05, 4.69) is 5.16 Å². The first-order chi connectivity index (χ1) is 5.17. The molecular formula is C7H13F2NO. The molecular weight excluding hydrogens is 152 g/mol. The van der Waals surface area contributed by atoms with Crippen molar-refractivity contribution < 1.29 is 14.0 Å². The van der Waals surface area contributed by atoms with Crippen LogP contribution in [0, 0.1) is 5.92 Å². The average Bonchev–Trinajstić information content (AvgIpc) is 1.99. The van der Waals surface area contributed by atoms with Gasteiger partial charge in [-0.3, -0.25) is 0 Å². The zero-order chi connectivity index (χ0) is 8.85. The van der Waals surface area contributed by atoms with E-state index in [-0.39, 0.29) is 5.92 Å². The summed E-state index contributed by atoms with van der Waals surface area (Å²) in [6, 6.07) is 0. The topological polar surface area (TPSA) is 32.6 Å². The molecule has 2 nitrogen and oxygen atoms in total. The van der Waals surface area contributed by atoms with Gasteiger partial charge in [-0.05, 0) is 12.8 Å². The summed E-state index contributed by atoms with van der Waals surface area (Å²) in [5, 5.41) is 10.8. The van der Waals surface area contributed by atoms with Crippen LogP contribution < -0.4 is 0 Å². The molecule has 1 N–H and O–H groups in total. The lowest BCUT2D eigenvalue weighted by atomic mass is 9.98. The largest absolute Gasteiger partial charge is 0.411 e. The highest BCUT2D eigenvalue weighted by Gasteiger charge is 2.21. The molecule has 0 atom stereocenters. The fourth-order valence-corrected chi connectivity index (χ4v) is 1.01. The molecule has 0 radical (unpaired) electrons. The average molecular weight is 165 g/mol. The van der Waals surface area contributed by atoms with E-state index in [0.29, 0.717) is 12.8 Å². The number of halogens is 2. The van der Waals surface area contributed by atoms with E-state index >= 15 is 0 Å². The molecule has 0 amide bonds. The monoisotopic (exact) mass is 165 g/mol. The van der Waals surface area contributed by atoms with Gasteiger partial charge in [-0.15, -0.1) is 0 Å². The van der Waals surface area contributed by atoms with Crippen LogP contribution in [0.5, 0.6) is 0 Å². The molecule has 0 aliphatic rings. The molecule has 0 saturated heterocycles. The number of hydrogen-bond acceptors (Lipinski definition) is 2. The van der Waals surface area contributed by atoms with Crippen LogP contribution >= 0.6 is 0 Å². The third kappa shape index (κ3) is 2.82. The Bertz CT molecular complexity index is 132. The van der Waals surface area contributed by atoms with E-state index in [1.54, 1.807) is 13.8 Å². The molecule has 0 aromatic carbocycles. The molecule has 0 fully saturated rings. The molecule has 4 heteroatoms. The molecule has 0 heterocycles. The number of oxime groups is 1. The van der Waals surface area contributed by atoms with Crippen LogP contribution in [0.4, 0.5) is 8.78 Å². The molecule has 0 unspecified atom stereocenters. The van der Waals surface area contributed by atoms with Crippen LogP contribution in [-0.4, -0.2) is 17.3 Å². The Balaban J connectivity index is 4.23. The van der Waals surface area contributed by atoms with Crippen molar-refractivity contribution in [2.75, 3.05) is 0 Å².